The lowest BCUT2D eigenvalue weighted by Gasteiger charge is -2.08. The van der Waals surface area contributed by atoms with Crippen LogP contribution in [0.5, 0.6) is 0 Å². The van der Waals surface area contributed by atoms with Crippen LogP contribution in [0, 0.1) is 5.92 Å². The number of carbonyl (C=O) groups excluding carboxylic acids is 2. The molecule has 1 aromatic rings. The van der Waals surface area contributed by atoms with Crippen molar-refractivity contribution in [3.63, 3.8) is 0 Å². The zero-order valence-electron chi connectivity index (χ0n) is 28.2. The predicted molar refractivity (Wildman–Crippen MR) is 179 cm³/mol. The van der Waals surface area contributed by atoms with E-state index >= 15 is 0 Å². The molecule has 3 unspecified atom stereocenters. The van der Waals surface area contributed by atoms with Gasteiger partial charge in [-0.3, -0.25) is 9.59 Å². The van der Waals surface area contributed by atoms with E-state index in [1.165, 1.54) is 32.1 Å². The standard InChI is InChI=1S/C10H10O2.C9H18O.C8H14N2O.C6H12O.C2H6/c1-7(2)8-5-3-4-6-9(8)10(11)12;1-3-4-5-9-7-6-8(2)10-9;1-3-5-7(9)10-8(11)6-4-2;1-4-5(2)6(3)7;1-2/h3-6H,1H2,2H3,(H,11,12);8-9H,3-7H2,1-2H3;3,5H,4,6H2,1-2H3,(H2,9,10,11);5H,4H2,1-3H3;1-2H3/b;;5-3-;;. The van der Waals surface area contributed by atoms with Crippen molar-refractivity contribution < 1.29 is 24.2 Å². The Balaban J connectivity index is -0.000000480. The molecular formula is C35H60N2O5. The summed E-state index contributed by atoms with van der Waals surface area (Å²) in [4.78, 5) is 35.5. The van der Waals surface area contributed by atoms with Crippen molar-refractivity contribution in [2.75, 3.05) is 0 Å². The van der Waals surface area contributed by atoms with E-state index in [9.17, 15) is 14.4 Å². The van der Waals surface area contributed by atoms with Crippen LogP contribution in [0.3, 0.4) is 0 Å². The third kappa shape index (κ3) is 23.6. The van der Waals surface area contributed by atoms with Crippen LogP contribution in [0.1, 0.15) is 137 Å². The topological polar surface area (TPSA) is 119 Å². The molecule has 1 aromatic carbocycles. The molecule has 1 aliphatic heterocycles. The van der Waals surface area contributed by atoms with Gasteiger partial charge in [-0.2, -0.15) is 4.99 Å². The number of allylic oxidation sites excluding steroid dienone is 2. The molecule has 1 heterocycles. The van der Waals surface area contributed by atoms with Gasteiger partial charge in [0.1, 0.15) is 11.6 Å². The number of Topliss-reactive ketones (excluding diaryl/α,β-unsaturated/α-hetero) is 1. The third-order valence-electron chi connectivity index (χ3n) is 6.18. The fraction of sp³-hybridized carbons (Fsp3) is 0.600. The van der Waals surface area contributed by atoms with Gasteiger partial charge >= 0.3 is 5.97 Å². The highest BCUT2D eigenvalue weighted by Gasteiger charge is 2.20. The number of unbranched alkanes of at least 4 members (excludes halogenated alkanes) is 1. The first-order valence-electron chi connectivity index (χ1n) is 15.5. The van der Waals surface area contributed by atoms with Crippen LogP contribution >= 0.6 is 0 Å². The number of hydrogen-bond donors (Lipinski definition) is 2. The molecule has 3 atom stereocenters. The number of aliphatic imine (C=N–C) groups is 1. The highest BCUT2D eigenvalue weighted by atomic mass is 16.5. The van der Waals surface area contributed by atoms with Crippen LogP contribution in [0.4, 0.5) is 0 Å². The van der Waals surface area contributed by atoms with E-state index in [2.05, 4.69) is 25.4 Å². The Labute approximate surface area is 256 Å². The number of carbonyl (C=O) groups is 3. The van der Waals surface area contributed by atoms with Crippen molar-refractivity contribution in [1.29, 1.82) is 0 Å². The first-order valence-corrected chi connectivity index (χ1v) is 15.5. The van der Waals surface area contributed by atoms with Crippen LogP contribution in [0.25, 0.3) is 5.57 Å². The fourth-order valence-corrected chi connectivity index (χ4v) is 3.48. The van der Waals surface area contributed by atoms with Gasteiger partial charge in [-0.05, 0) is 77.5 Å². The SMILES string of the molecule is C/C=C\C(N)=NC(=O)CCC.C=C(C)c1ccccc1C(=O)O.CC.CCC(C)C(C)=O.CCCCC1CCC(C)O1. The first-order chi connectivity index (χ1) is 19.8. The molecule has 0 aromatic heterocycles. The smallest absolute Gasteiger partial charge is 0.336 e. The summed E-state index contributed by atoms with van der Waals surface area (Å²) < 4.78 is 5.66. The summed E-state index contributed by atoms with van der Waals surface area (Å²) in [5.41, 5.74) is 7.14. The molecule has 2 rings (SSSR count). The van der Waals surface area contributed by atoms with Gasteiger partial charge in [-0.25, -0.2) is 4.79 Å². The Morgan fingerprint density at radius 2 is 1.67 bits per heavy atom. The summed E-state index contributed by atoms with van der Waals surface area (Å²) in [7, 11) is 0. The molecule has 7 heteroatoms. The Bertz CT molecular complexity index is 919. The highest BCUT2D eigenvalue weighted by molar-refractivity contribution is 5.99. The lowest BCUT2D eigenvalue weighted by molar-refractivity contribution is -0.120. The zero-order chi connectivity index (χ0) is 33.1. The number of rotatable bonds is 10. The molecule has 0 spiro atoms. The number of nitrogens with two attached hydrogens (primary N) is 1. The molecule has 240 valence electrons. The molecule has 0 radical (unpaired) electrons. The number of carboxylic acid groups (broad SMARTS) is 1. The second kappa shape index (κ2) is 28.1. The Hall–Kier alpha value is -3.06. The molecule has 3 N–H and O–H groups in total. The van der Waals surface area contributed by atoms with Crippen molar-refractivity contribution >= 4 is 29.1 Å². The maximum atomic E-state index is 10.8. The number of amides is 1. The quantitative estimate of drug-likeness (QED) is 0.208. The van der Waals surface area contributed by atoms with E-state index in [4.69, 9.17) is 15.6 Å². The molecule has 7 nitrogen and oxygen atoms in total. The van der Waals surface area contributed by atoms with E-state index in [-0.39, 0.29) is 17.7 Å². The van der Waals surface area contributed by atoms with Crippen molar-refractivity contribution in [2.24, 2.45) is 16.6 Å². The second-order valence-electron chi connectivity index (χ2n) is 10.0. The van der Waals surface area contributed by atoms with Crippen molar-refractivity contribution in [3.8, 4) is 0 Å². The summed E-state index contributed by atoms with van der Waals surface area (Å²) >= 11 is 0. The van der Waals surface area contributed by atoms with Gasteiger partial charge in [0.2, 0.25) is 5.91 Å². The number of benzene rings is 1. The average molecular weight is 589 g/mol. The largest absolute Gasteiger partial charge is 0.478 e. The lowest BCUT2D eigenvalue weighted by atomic mass is 10.0. The van der Waals surface area contributed by atoms with Gasteiger partial charge in [-0.15, -0.1) is 0 Å². The molecular weight excluding hydrogens is 528 g/mol. The van der Waals surface area contributed by atoms with Crippen molar-refractivity contribution in [2.45, 2.75) is 133 Å². The normalized spacial score (nSPS) is 16.2. The summed E-state index contributed by atoms with van der Waals surface area (Å²) in [6.07, 6.45) is 13.2. The molecule has 0 bridgehead atoms. The number of nitrogens with zero attached hydrogens (tertiary/aromatic N) is 1. The molecule has 0 saturated carbocycles. The maximum absolute atomic E-state index is 10.8. The van der Waals surface area contributed by atoms with Gasteiger partial charge in [-0.1, -0.05) is 90.8 Å². The summed E-state index contributed by atoms with van der Waals surface area (Å²) in [5, 5.41) is 8.77. The molecule has 1 amide bonds. The van der Waals surface area contributed by atoms with E-state index in [1.54, 1.807) is 50.3 Å². The van der Waals surface area contributed by atoms with Gasteiger partial charge in [0.05, 0.1) is 17.8 Å². The summed E-state index contributed by atoms with van der Waals surface area (Å²) in [6.45, 7) is 23.3. The minimum atomic E-state index is -0.909. The van der Waals surface area contributed by atoms with Gasteiger partial charge in [0, 0.05) is 12.3 Å². The van der Waals surface area contributed by atoms with E-state index in [0.717, 1.165) is 18.4 Å². The zero-order valence-corrected chi connectivity index (χ0v) is 28.2. The molecule has 1 aliphatic rings. The highest BCUT2D eigenvalue weighted by Crippen LogP contribution is 2.22. The molecule has 1 saturated heterocycles. The lowest BCUT2D eigenvalue weighted by Crippen LogP contribution is -2.10. The predicted octanol–water partition coefficient (Wildman–Crippen LogP) is 9.06. The van der Waals surface area contributed by atoms with Crippen molar-refractivity contribution in [3.05, 3.63) is 54.1 Å². The minimum absolute atomic E-state index is 0.150. The first kappa shape index (κ1) is 43.4. The van der Waals surface area contributed by atoms with E-state index in [1.807, 2.05) is 41.5 Å². The number of aromatic carboxylic acids is 1. The number of hydrogen-bond acceptors (Lipinski definition) is 4. The van der Waals surface area contributed by atoms with E-state index < -0.39 is 5.97 Å². The summed E-state index contributed by atoms with van der Waals surface area (Å²) in [5.74, 6) is -0.217. The Morgan fingerprint density at radius 3 is 2.00 bits per heavy atom. The average Bonchev–Trinajstić information content (AvgIpc) is 3.38. The van der Waals surface area contributed by atoms with Crippen LogP contribution in [0.2, 0.25) is 0 Å². The van der Waals surface area contributed by atoms with Crippen LogP contribution in [-0.4, -0.2) is 40.8 Å². The van der Waals surface area contributed by atoms with Crippen LogP contribution in [0.15, 0.2) is 48.0 Å². The number of carboxylic acids is 1. The second-order valence-corrected chi connectivity index (χ2v) is 10.0. The third-order valence-corrected chi connectivity index (χ3v) is 6.18. The Kier molecular flexibility index (Phi) is 29.0. The van der Waals surface area contributed by atoms with Gasteiger partial charge < -0.3 is 15.6 Å². The van der Waals surface area contributed by atoms with E-state index in [0.29, 0.717) is 35.5 Å². The summed E-state index contributed by atoms with van der Waals surface area (Å²) in [6, 6.07) is 6.84. The fourth-order valence-electron chi connectivity index (χ4n) is 3.48. The van der Waals surface area contributed by atoms with Gasteiger partial charge in [0.25, 0.3) is 0 Å². The van der Waals surface area contributed by atoms with Crippen molar-refractivity contribution in [1.82, 2.24) is 0 Å². The minimum Gasteiger partial charge on any atom is -0.478 e. The molecule has 0 aliphatic carbocycles. The van der Waals surface area contributed by atoms with Gasteiger partial charge in [0.15, 0.2) is 0 Å². The monoisotopic (exact) mass is 588 g/mol. The van der Waals surface area contributed by atoms with Crippen LogP contribution < -0.4 is 5.73 Å². The Morgan fingerprint density at radius 1 is 1.10 bits per heavy atom. The van der Waals surface area contributed by atoms with Crippen LogP contribution in [-0.2, 0) is 14.3 Å². The molecule has 1 fully saturated rings. The maximum Gasteiger partial charge on any atom is 0.336 e. The number of ether oxygens (including phenoxy) is 1. The number of ketones is 1. The number of amidine groups is 1. The molecule has 42 heavy (non-hydrogen) atoms.